The lowest BCUT2D eigenvalue weighted by Crippen LogP contribution is -2.23. The molecule has 1 heterocycles. The summed E-state index contributed by atoms with van der Waals surface area (Å²) in [5.74, 6) is -1.77. The first-order chi connectivity index (χ1) is 11.1. The molecule has 0 bridgehead atoms. The lowest BCUT2D eigenvalue weighted by Gasteiger charge is -2.27. The highest BCUT2D eigenvalue weighted by molar-refractivity contribution is 6.06. The summed E-state index contributed by atoms with van der Waals surface area (Å²) in [6.45, 7) is 0. The molecule has 4 rings (SSSR count). The first-order valence-corrected chi connectivity index (χ1v) is 7.39. The molecule has 0 spiro atoms. The summed E-state index contributed by atoms with van der Waals surface area (Å²) < 4.78 is 27.1. The van der Waals surface area contributed by atoms with Gasteiger partial charge in [-0.05, 0) is 28.6 Å². The van der Waals surface area contributed by atoms with Crippen LogP contribution in [-0.2, 0) is 4.79 Å². The van der Waals surface area contributed by atoms with Gasteiger partial charge in [-0.15, -0.1) is 0 Å². The number of carbonyl (C=O) groups is 1. The SMILES string of the molecule is O=C1C[C@H](c2cc(F)cc(F)c2)c2ccc3ccccc3c2N1. The van der Waals surface area contributed by atoms with Crippen molar-refractivity contribution in [2.45, 2.75) is 12.3 Å². The minimum atomic E-state index is -0.631. The topological polar surface area (TPSA) is 29.1 Å². The van der Waals surface area contributed by atoms with E-state index in [1.165, 1.54) is 12.1 Å². The van der Waals surface area contributed by atoms with Crippen LogP contribution in [0.1, 0.15) is 23.5 Å². The monoisotopic (exact) mass is 309 g/mol. The van der Waals surface area contributed by atoms with Gasteiger partial charge in [0.25, 0.3) is 0 Å². The highest BCUT2D eigenvalue weighted by atomic mass is 19.1. The van der Waals surface area contributed by atoms with E-state index in [-0.39, 0.29) is 18.2 Å². The largest absolute Gasteiger partial charge is 0.325 e. The Balaban J connectivity index is 1.94. The first-order valence-electron chi connectivity index (χ1n) is 7.39. The molecule has 114 valence electrons. The van der Waals surface area contributed by atoms with Crippen molar-refractivity contribution < 1.29 is 13.6 Å². The smallest absolute Gasteiger partial charge is 0.225 e. The van der Waals surface area contributed by atoms with Crippen LogP contribution < -0.4 is 5.32 Å². The minimum absolute atomic E-state index is 0.150. The van der Waals surface area contributed by atoms with Crippen LogP contribution in [-0.4, -0.2) is 5.91 Å². The number of hydrogen-bond acceptors (Lipinski definition) is 1. The number of amides is 1. The van der Waals surface area contributed by atoms with E-state index in [4.69, 9.17) is 0 Å². The summed E-state index contributed by atoms with van der Waals surface area (Å²) >= 11 is 0. The fourth-order valence-electron chi connectivity index (χ4n) is 3.28. The number of rotatable bonds is 1. The van der Waals surface area contributed by atoms with Gasteiger partial charge in [-0.1, -0.05) is 36.4 Å². The van der Waals surface area contributed by atoms with Crippen LogP contribution in [0.3, 0.4) is 0 Å². The maximum absolute atomic E-state index is 13.6. The molecule has 0 unspecified atom stereocenters. The molecule has 0 fully saturated rings. The van der Waals surface area contributed by atoms with Gasteiger partial charge in [0.15, 0.2) is 0 Å². The number of fused-ring (bicyclic) bond motifs is 3. The Kier molecular flexibility index (Phi) is 3.11. The number of anilines is 1. The third-order valence-corrected chi connectivity index (χ3v) is 4.28. The van der Waals surface area contributed by atoms with Gasteiger partial charge in [0.1, 0.15) is 11.6 Å². The third-order valence-electron chi connectivity index (χ3n) is 4.28. The van der Waals surface area contributed by atoms with Crippen LogP contribution in [0.4, 0.5) is 14.5 Å². The molecule has 1 atom stereocenters. The molecule has 3 aromatic carbocycles. The highest BCUT2D eigenvalue weighted by Crippen LogP contribution is 2.41. The molecule has 1 N–H and O–H groups in total. The lowest BCUT2D eigenvalue weighted by molar-refractivity contribution is -0.116. The maximum Gasteiger partial charge on any atom is 0.225 e. The Bertz CT molecular complexity index is 916. The quantitative estimate of drug-likeness (QED) is 0.700. The van der Waals surface area contributed by atoms with Crippen molar-refractivity contribution in [2.75, 3.05) is 5.32 Å². The third kappa shape index (κ3) is 2.36. The van der Waals surface area contributed by atoms with Crippen molar-refractivity contribution in [1.82, 2.24) is 0 Å². The zero-order valence-corrected chi connectivity index (χ0v) is 12.1. The molecular weight excluding hydrogens is 296 g/mol. The number of carbonyl (C=O) groups excluding carboxylic acids is 1. The standard InChI is InChI=1S/C19H13F2NO/c20-13-7-12(8-14(21)9-13)17-10-18(23)22-19-15-4-2-1-3-11(15)5-6-16(17)19/h1-9,17H,10H2,(H,22,23)/t17-/m1/s1. The lowest BCUT2D eigenvalue weighted by atomic mass is 9.83. The zero-order chi connectivity index (χ0) is 16.0. The average molecular weight is 309 g/mol. The van der Waals surface area contributed by atoms with E-state index in [9.17, 15) is 13.6 Å². The second-order valence-electron chi connectivity index (χ2n) is 5.76. The van der Waals surface area contributed by atoms with Crippen LogP contribution in [0, 0.1) is 11.6 Å². The van der Waals surface area contributed by atoms with E-state index in [1.54, 1.807) is 0 Å². The van der Waals surface area contributed by atoms with Gasteiger partial charge in [-0.3, -0.25) is 4.79 Å². The predicted octanol–water partition coefficient (Wildman–Crippen LogP) is 4.59. The zero-order valence-electron chi connectivity index (χ0n) is 12.1. The van der Waals surface area contributed by atoms with Gasteiger partial charge in [0, 0.05) is 23.8 Å². The van der Waals surface area contributed by atoms with Gasteiger partial charge >= 0.3 is 0 Å². The van der Waals surface area contributed by atoms with Gasteiger partial charge in [0.05, 0.1) is 5.69 Å². The summed E-state index contributed by atoms with van der Waals surface area (Å²) in [5, 5.41) is 4.85. The number of halogens is 2. The Morgan fingerprint density at radius 1 is 0.957 bits per heavy atom. The Morgan fingerprint density at radius 2 is 1.70 bits per heavy atom. The van der Waals surface area contributed by atoms with Crippen molar-refractivity contribution in [2.24, 2.45) is 0 Å². The molecular formula is C19H13F2NO. The Labute approximate surface area is 131 Å². The fourth-order valence-corrected chi connectivity index (χ4v) is 3.28. The minimum Gasteiger partial charge on any atom is -0.325 e. The Morgan fingerprint density at radius 3 is 2.48 bits per heavy atom. The van der Waals surface area contributed by atoms with E-state index in [0.29, 0.717) is 5.56 Å². The first kappa shape index (κ1) is 13.9. The van der Waals surface area contributed by atoms with E-state index < -0.39 is 11.6 Å². The van der Waals surface area contributed by atoms with E-state index >= 15 is 0 Å². The summed E-state index contributed by atoms with van der Waals surface area (Å²) in [4.78, 5) is 12.1. The van der Waals surface area contributed by atoms with Crippen LogP contribution >= 0.6 is 0 Å². The van der Waals surface area contributed by atoms with Gasteiger partial charge in [-0.25, -0.2) is 8.78 Å². The summed E-state index contributed by atoms with van der Waals surface area (Å²) in [6.07, 6.45) is 0.175. The molecule has 2 nitrogen and oxygen atoms in total. The second-order valence-corrected chi connectivity index (χ2v) is 5.76. The molecule has 0 radical (unpaired) electrons. The highest BCUT2D eigenvalue weighted by Gasteiger charge is 2.28. The molecule has 0 aromatic heterocycles. The molecule has 0 aliphatic carbocycles. The molecule has 3 aromatic rings. The van der Waals surface area contributed by atoms with E-state index in [0.717, 1.165) is 28.1 Å². The predicted molar refractivity (Wildman–Crippen MR) is 85.4 cm³/mol. The molecule has 0 saturated heterocycles. The molecule has 1 aliphatic rings. The van der Waals surface area contributed by atoms with Gasteiger partial charge in [0.2, 0.25) is 5.91 Å². The van der Waals surface area contributed by atoms with Crippen molar-refractivity contribution in [3.8, 4) is 0 Å². The molecule has 23 heavy (non-hydrogen) atoms. The van der Waals surface area contributed by atoms with Crippen molar-refractivity contribution >= 4 is 22.4 Å². The molecule has 1 amide bonds. The Hall–Kier alpha value is -2.75. The summed E-state index contributed by atoms with van der Waals surface area (Å²) in [7, 11) is 0. The summed E-state index contributed by atoms with van der Waals surface area (Å²) in [6, 6.07) is 15.1. The molecule has 1 aliphatic heterocycles. The number of benzene rings is 3. The summed E-state index contributed by atoms with van der Waals surface area (Å²) in [5.41, 5.74) is 2.09. The maximum atomic E-state index is 13.6. The fraction of sp³-hybridized carbons (Fsp3) is 0.105. The normalized spacial score (nSPS) is 17.0. The molecule has 4 heteroatoms. The van der Waals surface area contributed by atoms with Gasteiger partial charge in [-0.2, -0.15) is 0 Å². The van der Waals surface area contributed by atoms with Crippen molar-refractivity contribution in [3.63, 3.8) is 0 Å². The number of hydrogen-bond donors (Lipinski definition) is 1. The van der Waals surface area contributed by atoms with E-state index in [2.05, 4.69) is 5.32 Å². The van der Waals surface area contributed by atoms with Crippen LogP contribution in [0.15, 0.2) is 54.6 Å². The van der Waals surface area contributed by atoms with Crippen LogP contribution in [0.2, 0.25) is 0 Å². The van der Waals surface area contributed by atoms with E-state index in [1.807, 2.05) is 36.4 Å². The van der Waals surface area contributed by atoms with Gasteiger partial charge < -0.3 is 5.32 Å². The number of nitrogens with one attached hydrogen (secondary N) is 1. The van der Waals surface area contributed by atoms with Crippen molar-refractivity contribution in [3.05, 3.63) is 77.4 Å². The average Bonchev–Trinajstić information content (AvgIpc) is 2.53. The van der Waals surface area contributed by atoms with Crippen molar-refractivity contribution in [1.29, 1.82) is 0 Å². The second kappa shape index (κ2) is 5.16. The molecule has 0 saturated carbocycles. The van der Waals surface area contributed by atoms with Crippen LogP contribution in [0.5, 0.6) is 0 Å². The van der Waals surface area contributed by atoms with Crippen LogP contribution in [0.25, 0.3) is 10.8 Å².